The van der Waals surface area contributed by atoms with Crippen molar-refractivity contribution in [3.63, 3.8) is 0 Å². The normalized spacial score (nSPS) is 14.9. The molecule has 188 valence electrons. The maximum Gasteiger partial charge on any atom is 0.451 e. The number of alkyl halides is 3. The van der Waals surface area contributed by atoms with Crippen LogP contribution in [0.25, 0.3) is 22.2 Å². The molecule has 0 atom stereocenters. The van der Waals surface area contributed by atoms with Gasteiger partial charge < -0.3 is 10.6 Å². The SMILES string of the molecule is Fc1ccc(Cl)c(CNc2nc(C(F)(F)F)nc3ncc(-c4cnn(C5CCNCC5)c4)cc23)c1Cl. The highest BCUT2D eigenvalue weighted by molar-refractivity contribution is 6.36. The Kier molecular flexibility index (Phi) is 6.71. The van der Waals surface area contributed by atoms with Crippen LogP contribution in [0.4, 0.5) is 23.4 Å². The van der Waals surface area contributed by atoms with Crippen molar-refractivity contribution in [1.82, 2.24) is 30.0 Å². The summed E-state index contributed by atoms with van der Waals surface area (Å²) in [6.07, 6.45) is 2.13. The molecule has 0 aliphatic carbocycles. The minimum Gasteiger partial charge on any atom is -0.365 e. The molecule has 0 saturated carbocycles. The van der Waals surface area contributed by atoms with Gasteiger partial charge in [-0.25, -0.2) is 19.3 Å². The Bertz CT molecular complexity index is 1420. The number of fused-ring (bicyclic) bond motifs is 1. The largest absolute Gasteiger partial charge is 0.451 e. The number of piperidine rings is 1. The lowest BCUT2D eigenvalue weighted by Gasteiger charge is -2.22. The van der Waals surface area contributed by atoms with Gasteiger partial charge in [-0.3, -0.25) is 4.68 Å². The summed E-state index contributed by atoms with van der Waals surface area (Å²) < 4.78 is 56.2. The number of pyridine rings is 1. The molecule has 4 aromatic rings. The number of hydrogen-bond donors (Lipinski definition) is 2. The van der Waals surface area contributed by atoms with Crippen molar-refractivity contribution in [2.75, 3.05) is 18.4 Å². The number of rotatable bonds is 5. The number of anilines is 1. The number of nitrogens with zero attached hydrogens (tertiary/aromatic N) is 5. The van der Waals surface area contributed by atoms with Crippen molar-refractivity contribution in [1.29, 1.82) is 0 Å². The van der Waals surface area contributed by atoms with Crippen LogP contribution < -0.4 is 10.6 Å². The first kappa shape index (κ1) is 24.7. The molecule has 0 bridgehead atoms. The van der Waals surface area contributed by atoms with Crippen LogP contribution in [0.3, 0.4) is 0 Å². The standard InChI is InChI=1S/C23H19Cl2F4N7/c24-17-1-2-18(26)19(25)16(17)10-32-21-15-7-12(8-31-20(15)34-22(35-21)23(27,28)29)13-9-33-36(11-13)14-3-5-30-6-4-14/h1-2,7-9,11,14,30H,3-6,10H2,(H,31,32,34,35). The summed E-state index contributed by atoms with van der Waals surface area (Å²) >= 11 is 12.2. The van der Waals surface area contributed by atoms with Crippen LogP contribution >= 0.6 is 23.2 Å². The third-order valence-electron chi connectivity index (χ3n) is 5.99. The monoisotopic (exact) mass is 539 g/mol. The van der Waals surface area contributed by atoms with Crippen molar-refractivity contribution < 1.29 is 17.6 Å². The summed E-state index contributed by atoms with van der Waals surface area (Å²) in [5.74, 6) is -2.19. The lowest BCUT2D eigenvalue weighted by molar-refractivity contribution is -0.144. The zero-order valence-electron chi connectivity index (χ0n) is 18.6. The molecule has 1 aromatic carbocycles. The van der Waals surface area contributed by atoms with Crippen LogP contribution in [-0.4, -0.2) is 37.8 Å². The van der Waals surface area contributed by atoms with Crippen molar-refractivity contribution in [3.05, 3.63) is 64.0 Å². The van der Waals surface area contributed by atoms with Crippen LogP contribution in [-0.2, 0) is 12.7 Å². The Morgan fingerprint density at radius 3 is 2.61 bits per heavy atom. The fraction of sp³-hybridized carbons (Fsp3) is 0.304. The van der Waals surface area contributed by atoms with Gasteiger partial charge in [-0.05, 0) is 44.1 Å². The number of benzene rings is 1. The van der Waals surface area contributed by atoms with Crippen molar-refractivity contribution in [2.24, 2.45) is 0 Å². The van der Waals surface area contributed by atoms with Gasteiger partial charge in [-0.15, -0.1) is 0 Å². The molecule has 0 radical (unpaired) electrons. The van der Waals surface area contributed by atoms with Gasteiger partial charge in [0.1, 0.15) is 11.6 Å². The highest BCUT2D eigenvalue weighted by atomic mass is 35.5. The Balaban J connectivity index is 1.53. The number of hydrogen-bond acceptors (Lipinski definition) is 6. The minimum atomic E-state index is -4.80. The molecule has 0 amide bonds. The van der Waals surface area contributed by atoms with E-state index in [0.29, 0.717) is 5.56 Å². The topological polar surface area (TPSA) is 80.6 Å². The van der Waals surface area contributed by atoms with Crippen molar-refractivity contribution in [3.8, 4) is 11.1 Å². The molecular formula is C23H19Cl2F4N7. The lowest BCUT2D eigenvalue weighted by Crippen LogP contribution is -2.29. The van der Waals surface area contributed by atoms with Gasteiger partial charge in [0.25, 0.3) is 0 Å². The average molecular weight is 540 g/mol. The number of aromatic nitrogens is 5. The first-order valence-corrected chi connectivity index (χ1v) is 11.8. The third-order valence-corrected chi connectivity index (χ3v) is 6.76. The molecule has 5 rings (SSSR count). The van der Waals surface area contributed by atoms with Crippen LogP contribution in [0, 0.1) is 5.82 Å². The van der Waals surface area contributed by atoms with E-state index < -0.39 is 17.8 Å². The smallest absolute Gasteiger partial charge is 0.365 e. The predicted molar refractivity (Wildman–Crippen MR) is 128 cm³/mol. The van der Waals surface area contributed by atoms with Crippen molar-refractivity contribution >= 4 is 40.1 Å². The summed E-state index contributed by atoms with van der Waals surface area (Å²) in [5.41, 5.74) is 1.43. The van der Waals surface area contributed by atoms with E-state index in [1.807, 2.05) is 10.9 Å². The quantitative estimate of drug-likeness (QED) is 0.243. The second kappa shape index (κ2) is 9.79. The summed E-state index contributed by atoms with van der Waals surface area (Å²) in [6.45, 7) is 1.64. The van der Waals surface area contributed by atoms with Gasteiger partial charge in [0.15, 0.2) is 5.65 Å². The molecular weight excluding hydrogens is 521 g/mol. The van der Waals surface area contributed by atoms with Gasteiger partial charge in [-0.1, -0.05) is 23.2 Å². The molecule has 0 spiro atoms. The highest BCUT2D eigenvalue weighted by Gasteiger charge is 2.36. The average Bonchev–Trinajstić information content (AvgIpc) is 3.36. The van der Waals surface area contributed by atoms with Crippen LogP contribution in [0.15, 0.2) is 36.8 Å². The van der Waals surface area contributed by atoms with E-state index in [-0.39, 0.29) is 45.0 Å². The summed E-state index contributed by atoms with van der Waals surface area (Å²) in [4.78, 5) is 11.5. The Labute approximate surface area is 212 Å². The van der Waals surface area contributed by atoms with Gasteiger partial charge in [0.05, 0.1) is 22.6 Å². The highest BCUT2D eigenvalue weighted by Crippen LogP contribution is 2.33. The Morgan fingerprint density at radius 1 is 1.08 bits per heavy atom. The molecule has 4 heterocycles. The molecule has 7 nitrogen and oxygen atoms in total. The molecule has 1 saturated heterocycles. The molecule has 1 fully saturated rings. The van der Waals surface area contributed by atoms with E-state index in [2.05, 4.69) is 30.7 Å². The predicted octanol–water partition coefficient (Wildman–Crippen LogP) is 5.89. The summed E-state index contributed by atoms with van der Waals surface area (Å²) in [6, 6.07) is 4.34. The van der Waals surface area contributed by atoms with Crippen LogP contribution in [0.5, 0.6) is 0 Å². The first-order valence-electron chi connectivity index (χ1n) is 11.1. The maximum atomic E-state index is 13.9. The van der Waals surface area contributed by atoms with Gasteiger partial charge in [0, 0.05) is 40.7 Å². The first-order chi connectivity index (χ1) is 17.2. The van der Waals surface area contributed by atoms with E-state index in [9.17, 15) is 17.6 Å². The van der Waals surface area contributed by atoms with Crippen LogP contribution in [0.2, 0.25) is 10.0 Å². The lowest BCUT2D eigenvalue weighted by atomic mass is 10.1. The molecule has 2 N–H and O–H groups in total. The van der Waals surface area contributed by atoms with Crippen molar-refractivity contribution in [2.45, 2.75) is 31.6 Å². The fourth-order valence-electron chi connectivity index (χ4n) is 4.09. The van der Waals surface area contributed by atoms with E-state index >= 15 is 0 Å². The molecule has 3 aromatic heterocycles. The molecule has 1 aliphatic heterocycles. The number of nitrogens with one attached hydrogen (secondary N) is 2. The van der Waals surface area contributed by atoms with E-state index in [1.165, 1.54) is 12.3 Å². The minimum absolute atomic E-state index is 0.135. The fourth-order valence-corrected chi connectivity index (χ4v) is 4.60. The number of halogens is 6. The van der Waals surface area contributed by atoms with Gasteiger partial charge >= 0.3 is 6.18 Å². The van der Waals surface area contributed by atoms with E-state index in [0.717, 1.165) is 37.6 Å². The van der Waals surface area contributed by atoms with E-state index in [4.69, 9.17) is 23.2 Å². The summed E-state index contributed by atoms with van der Waals surface area (Å²) in [7, 11) is 0. The Morgan fingerprint density at radius 2 is 1.86 bits per heavy atom. The second-order valence-electron chi connectivity index (χ2n) is 8.35. The zero-order valence-corrected chi connectivity index (χ0v) is 20.1. The third kappa shape index (κ3) is 4.95. The molecule has 13 heteroatoms. The molecule has 36 heavy (non-hydrogen) atoms. The van der Waals surface area contributed by atoms with Gasteiger partial charge in [-0.2, -0.15) is 18.3 Å². The van der Waals surface area contributed by atoms with Crippen LogP contribution in [0.1, 0.15) is 30.3 Å². The second-order valence-corrected chi connectivity index (χ2v) is 9.14. The van der Waals surface area contributed by atoms with Gasteiger partial charge in [0.2, 0.25) is 5.82 Å². The molecule has 1 aliphatic rings. The summed E-state index contributed by atoms with van der Waals surface area (Å²) in [5, 5.41) is 10.8. The maximum absolute atomic E-state index is 13.9. The zero-order chi connectivity index (χ0) is 25.4. The molecule has 0 unspecified atom stereocenters. The van der Waals surface area contributed by atoms with E-state index in [1.54, 1.807) is 12.3 Å². The Hall–Kier alpha value is -3.02.